The van der Waals surface area contributed by atoms with Crippen LogP contribution in [0, 0.1) is 0 Å². The van der Waals surface area contributed by atoms with Crippen LogP contribution in [-0.2, 0) is 4.79 Å². The largest absolute Gasteiger partial charge is 0.468 e. The third-order valence-corrected chi connectivity index (χ3v) is 3.50. The molecule has 0 aliphatic heterocycles. The first-order chi connectivity index (χ1) is 9.56. The number of nitrogens with one attached hydrogen (secondary N) is 2. The first kappa shape index (κ1) is 14.8. The van der Waals surface area contributed by atoms with Gasteiger partial charge in [0.25, 0.3) is 0 Å². The Hall–Kier alpha value is -1.59. The van der Waals surface area contributed by atoms with Crippen LogP contribution in [0.3, 0.4) is 0 Å². The number of furan rings is 1. The van der Waals surface area contributed by atoms with E-state index >= 15 is 0 Å². The normalized spacial score (nSPS) is 13.8. The Labute approximate surface area is 126 Å². The lowest BCUT2D eigenvalue weighted by molar-refractivity contribution is -0.118. The van der Waals surface area contributed by atoms with Crippen molar-refractivity contribution in [2.24, 2.45) is 0 Å². The van der Waals surface area contributed by atoms with Crippen molar-refractivity contribution in [1.82, 2.24) is 5.32 Å². The molecule has 1 amide bonds. The summed E-state index contributed by atoms with van der Waals surface area (Å²) in [7, 11) is 0. The molecule has 0 unspecified atom stereocenters. The fourth-order valence-corrected chi connectivity index (χ4v) is 2.12. The molecular formula is C15H17BrN2O2. The summed E-state index contributed by atoms with van der Waals surface area (Å²) < 4.78 is 6.29. The van der Waals surface area contributed by atoms with E-state index in [4.69, 9.17) is 4.42 Å². The Balaban J connectivity index is 1.90. The van der Waals surface area contributed by atoms with E-state index in [9.17, 15) is 4.79 Å². The number of hydrogen-bond acceptors (Lipinski definition) is 3. The first-order valence-electron chi connectivity index (χ1n) is 6.42. The van der Waals surface area contributed by atoms with Crippen LogP contribution >= 0.6 is 15.9 Å². The maximum Gasteiger partial charge on any atom is 0.241 e. The minimum atomic E-state index is -0.321. The molecule has 2 rings (SSSR count). The molecule has 0 fully saturated rings. The number of rotatable bonds is 5. The molecule has 0 bridgehead atoms. The van der Waals surface area contributed by atoms with Crippen molar-refractivity contribution in [2.75, 3.05) is 5.32 Å². The molecule has 2 aromatic rings. The summed E-state index contributed by atoms with van der Waals surface area (Å²) in [6.07, 6.45) is 1.63. The van der Waals surface area contributed by atoms with Crippen molar-refractivity contribution in [1.29, 1.82) is 0 Å². The summed E-state index contributed by atoms with van der Waals surface area (Å²) in [6.45, 7) is 3.79. The van der Waals surface area contributed by atoms with Gasteiger partial charge in [-0.15, -0.1) is 0 Å². The number of anilines is 1. The summed E-state index contributed by atoms with van der Waals surface area (Å²) in [5, 5.41) is 6.07. The van der Waals surface area contributed by atoms with Crippen LogP contribution in [-0.4, -0.2) is 11.9 Å². The quantitative estimate of drug-likeness (QED) is 0.874. The Morgan fingerprint density at radius 1 is 1.20 bits per heavy atom. The average Bonchev–Trinajstić information content (AvgIpc) is 2.95. The zero-order valence-electron chi connectivity index (χ0n) is 11.4. The molecule has 106 valence electrons. The number of carbonyl (C=O) groups excluding carboxylic acids is 1. The standard InChI is InChI=1S/C15H17BrN2O2/c1-10(14-4-3-9-20-14)17-11(2)15(19)18-13-7-5-12(16)6-8-13/h3-11,17H,1-2H3,(H,18,19)/t10-,11+/m1/s1. The summed E-state index contributed by atoms with van der Waals surface area (Å²) in [5.74, 6) is 0.735. The molecule has 0 aliphatic carbocycles. The Kier molecular flexibility index (Phi) is 4.98. The van der Waals surface area contributed by atoms with E-state index in [2.05, 4.69) is 26.6 Å². The summed E-state index contributed by atoms with van der Waals surface area (Å²) >= 11 is 3.36. The number of halogens is 1. The minimum Gasteiger partial charge on any atom is -0.468 e. The molecule has 20 heavy (non-hydrogen) atoms. The summed E-state index contributed by atoms with van der Waals surface area (Å²) in [6, 6.07) is 10.9. The van der Waals surface area contributed by atoms with E-state index in [0.717, 1.165) is 15.9 Å². The lowest BCUT2D eigenvalue weighted by Crippen LogP contribution is -2.39. The number of benzene rings is 1. The molecule has 1 heterocycles. The maximum atomic E-state index is 12.1. The fraction of sp³-hybridized carbons (Fsp3) is 0.267. The van der Waals surface area contributed by atoms with Gasteiger partial charge in [0.15, 0.2) is 0 Å². The van der Waals surface area contributed by atoms with E-state index < -0.39 is 0 Å². The number of carbonyl (C=O) groups is 1. The third-order valence-electron chi connectivity index (χ3n) is 2.98. The minimum absolute atomic E-state index is 0.0179. The van der Waals surface area contributed by atoms with Crippen LogP contribution in [0.5, 0.6) is 0 Å². The molecule has 5 heteroatoms. The summed E-state index contributed by atoms with van der Waals surface area (Å²) in [4.78, 5) is 12.1. The van der Waals surface area contributed by atoms with Gasteiger partial charge in [0.2, 0.25) is 5.91 Å². The lowest BCUT2D eigenvalue weighted by Gasteiger charge is -2.18. The second kappa shape index (κ2) is 6.72. The molecule has 0 aliphatic rings. The van der Waals surface area contributed by atoms with Crippen LogP contribution in [0.2, 0.25) is 0 Å². The summed E-state index contributed by atoms with van der Waals surface area (Å²) in [5.41, 5.74) is 0.775. The highest BCUT2D eigenvalue weighted by Gasteiger charge is 2.17. The molecule has 2 atom stereocenters. The van der Waals surface area contributed by atoms with Crippen molar-refractivity contribution in [3.8, 4) is 0 Å². The van der Waals surface area contributed by atoms with Crippen molar-refractivity contribution < 1.29 is 9.21 Å². The van der Waals surface area contributed by atoms with Gasteiger partial charge in [0, 0.05) is 10.2 Å². The monoisotopic (exact) mass is 336 g/mol. The molecular weight excluding hydrogens is 320 g/mol. The Morgan fingerprint density at radius 2 is 1.90 bits per heavy atom. The molecule has 1 aromatic heterocycles. The van der Waals surface area contributed by atoms with E-state index in [1.165, 1.54) is 0 Å². The van der Waals surface area contributed by atoms with Gasteiger partial charge in [-0.2, -0.15) is 0 Å². The van der Waals surface area contributed by atoms with Crippen LogP contribution in [0.25, 0.3) is 0 Å². The van der Waals surface area contributed by atoms with Gasteiger partial charge in [-0.25, -0.2) is 0 Å². The predicted molar refractivity (Wildman–Crippen MR) is 82.5 cm³/mol. The molecule has 1 aromatic carbocycles. The second-order valence-electron chi connectivity index (χ2n) is 4.62. The van der Waals surface area contributed by atoms with Gasteiger partial charge in [-0.3, -0.25) is 10.1 Å². The highest BCUT2D eigenvalue weighted by atomic mass is 79.9. The maximum absolute atomic E-state index is 12.1. The molecule has 0 saturated carbocycles. The molecule has 0 saturated heterocycles. The SMILES string of the molecule is C[C@H](N[C@H](C)c1ccco1)C(=O)Nc1ccc(Br)cc1. The van der Waals surface area contributed by atoms with E-state index in [1.54, 1.807) is 6.26 Å². The van der Waals surface area contributed by atoms with E-state index in [0.29, 0.717) is 0 Å². The van der Waals surface area contributed by atoms with Gasteiger partial charge in [0.05, 0.1) is 18.3 Å². The van der Waals surface area contributed by atoms with Gasteiger partial charge < -0.3 is 9.73 Å². The Morgan fingerprint density at radius 3 is 2.50 bits per heavy atom. The number of hydrogen-bond donors (Lipinski definition) is 2. The Bertz CT molecular complexity index is 552. The second-order valence-corrected chi connectivity index (χ2v) is 5.54. The average molecular weight is 337 g/mol. The van der Waals surface area contributed by atoms with Crippen molar-refractivity contribution in [2.45, 2.75) is 25.9 Å². The van der Waals surface area contributed by atoms with Crippen LogP contribution in [0.1, 0.15) is 25.6 Å². The third kappa shape index (κ3) is 3.95. The molecule has 4 nitrogen and oxygen atoms in total. The number of amides is 1. The van der Waals surface area contributed by atoms with E-state index in [1.807, 2.05) is 50.2 Å². The topological polar surface area (TPSA) is 54.3 Å². The highest BCUT2D eigenvalue weighted by molar-refractivity contribution is 9.10. The molecule has 0 spiro atoms. The van der Waals surface area contributed by atoms with Crippen molar-refractivity contribution >= 4 is 27.5 Å². The van der Waals surface area contributed by atoms with Crippen LogP contribution in [0.15, 0.2) is 51.6 Å². The van der Waals surface area contributed by atoms with Gasteiger partial charge in [0.1, 0.15) is 5.76 Å². The van der Waals surface area contributed by atoms with Crippen LogP contribution < -0.4 is 10.6 Å². The lowest BCUT2D eigenvalue weighted by atomic mass is 10.2. The van der Waals surface area contributed by atoms with Gasteiger partial charge in [-0.1, -0.05) is 15.9 Å². The molecule has 0 radical (unpaired) electrons. The zero-order chi connectivity index (χ0) is 14.5. The fourth-order valence-electron chi connectivity index (χ4n) is 1.85. The van der Waals surface area contributed by atoms with E-state index in [-0.39, 0.29) is 18.0 Å². The first-order valence-corrected chi connectivity index (χ1v) is 7.21. The zero-order valence-corrected chi connectivity index (χ0v) is 13.0. The van der Waals surface area contributed by atoms with Crippen molar-refractivity contribution in [3.05, 3.63) is 52.9 Å². The van der Waals surface area contributed by atoms with Gasteiger partial charge in [-0.05, 0) is 50.2 Å². The van der Waals surface area contributed by atoms with Crippen molar-refractivity contribution in [3.63, 3.8) is 0 Å². The van der Waals surface area contributed by atoms with Crippen LogP contribution in [0.4, 0.5) is 5.69 Å². The van der Waals surface area contributed by atoms with Gasteiger partial charge >= 0.3 is 0 Å². The predicted octanol–water partition coefficient (Wildman–Crippen LogP) is 3.72. The smallest absolute Gasteiger partial charge is 0.241 e. The highest BCUT2D eigenvalue weighted by Crippen LogP contribution is 2.15. The molecule has 2 N–H and O–H groups in total.